The highest BCUT2D eigenvalue weighted by Crippen LogP contribution is 2.73. The van der Waals surface area contributed by atoms with E-state index in [1.165, 1.54) is 38.5 Å². The zero-order valence-corrected chi connectivity index (χ0v) is 11.6. The maximum absolute atomic E-state index is 2.51. The van der Waals surface area contributed by atoms with Gasteiger partial charge in [-0.2, -0.15) is 0 Å². The molecule has 0 N–H and O–H groups in total. The first kappa shape index (κ1) is 11.8. The van der Waals surface area contributed by atoms with Crippen LogP contribution in [0.1, 0.15) is 65.2 Å². The summed E-state index contributed by atoms with van der Waals surface area (Å²) >= 11 is 0. The maximum Gasteiger partial charge on any atom is -0.0235 e. The minimum atomic E-state index is 0.823. The Morgan fingerprint density at radius 3 is 2.71 bits per heavy atom. The van der Waals surface area contributed by atoms with Gasteiger partial charge in [0.25, 0.3) is 0 Å². The molecule has 2 saturated carbocycles. The summed E-state index contributed by atoms with van der Waals surface area (Å²) in [6, 6.07) is 0. The Morgan fingerprint density at radius 2 is 2.06 bits per heavy atom. The molecule has 3 aliphatic rings. The van der Waals surface area contributed by atoms with E-state index in [0.717, 1.165) is 29.1 Å². The molecule has 3 aliphatic carbocycles. The summed E-state index contributed by atoms with van der Waals surface area (Å²) < 4.78 is 0. The Labute approximate surface area is 107 Å². The van der Waals surface area contributed by atoms with E-state index >= 15 is 0 Å². The predicted molar refractivity (Wildman–Crippen MR) is 73.8 cm³/mol. The second kappa shape index (κ2) is 4.44. The zero-order valence-electron chi connectivity index (χ0n) is 11.6. The second-order valence-electron chi connectivity index (χ2n) is 6.96. The smallest absolute Gasteiger partial charge is 0.0235 e. The van der Waals surface area contributed by atoms with E-state index in [0.29, 0.717) is 0 Å². The number of hydrogen-bond acceptors (Lipinski definition) is 0. The summed E-state index contributed by atoms with van der Waals surface area (Å²) in [5.41, 5.74) is 0.823. The molecule has 0 saturated heterocycles. The van der Waals surface area contributed by atoms with Gasteiger partial charge in [-0.3, -0.25) is 0 Å². The Kier molecular flexibility index (Phi) is 3.09. The molecule has 0 nitrogen and oxygen atoms in total. The highest BCUT2D eigenvalue weighted by Gasteiger charge is 2.66. The molecule has 0 aromatic heterocycles. The summed E-state index contributed by atoms with van der Waals surface area (Å²) in [5, 5.41) is 0. The quantitative estimate of drug-likeness (QED) is 0.585. The van der Waals surface area contributed by atoms with Crippen molar-refractivity contribution in [3.8, 4) is 0 Å². The van der Waals surface area contributed by atoms with Crippen LogP contribution in [0.2, 0.25) is 0 Å². The number of fused-ring (bicyclic) bond motifs is 1. The highest BCUT2D eigenvalue weighted by atomic mass is 14.7. The minimum Gasteiger partial charge on any atom is -0.0885 e. The third-order valence-electron chi connectivity index (χ3n) is 6.33. The average molecular weight is 232 g/mol. The molecule has 0 amide bonds. The monoisotopic (exact) mass is 232 g/mol. The van der Waals surface area contributed by atoms with Crippen molar-refractivity contribution in [3.05, 3.63) is 12.2 Å². The number of allylic oxidation sites excluding steroid dienone is 2. The van der Waals surface area contributed by atoms with Crippen LogP contribution >= 0.6 is 0 Å². The molecule has 0 spiro atoms. The lowest BCUT2D eigenvalue weighted by atomic mass is 9.86. The lowest BCUT2D eigenvalue weighted by Gasteiger charge is -2.19. The van der Waals surface area contributed by atoms with Gasteiger partial charge < -0.3 is 0 Å². The van der Waals surface area contributed by atoms with Crippen LogP contribution < -0.4 is 0 Å². The minimum absolute atomic E-state index is 0.823. The summed E-state index contributed by atoms with van der Waals surface area (Å²) in [4.78, 5) is 0. The van der Waals surface area contributed by atoms with E-state index in [4.69, 9.17) is 0 Å². The van der Waals surface area contributed by atoms with E-state index in [2.05, 4.69) is 26.0 Å². The van der Waals surface area contributed by atoms with Crippen molar-refractivity contribution < 1.29 is 0 Å². The Balaban J connectivity index is 1.52. The average Bonchev–Trinajstić information content (AvgIpc) is 2.90. The van der Waals surface area contributed by atoms with Crippen molar-refractivity contribution in [1.29, 1.82) is 0 Å². The Bertz CT molecular complexity index is 303. The first-order valence-corrected chi connectivity index (χ1v) is 7.93. The molecule has 96 valence electrons. The molecule has 0 aromatic carbocycles. The molecule has 5 atom stereocenters. The molecule has 0 radical (unpaired) electrons. The van der Waals surface area contributed by atoms with E-state index in [1.807, 2.05) is 0 Å². The molecule has 5 unspecified atom stereocenters. The van der Waals surface area contributed by atoms with Crippen LogP contribution in [-0.4, -0.2) is 0 Å². The molecule has 2 fully saturated rings. The van der Waals surface area contributed by atoms with Crippen LogP contribution in [0, 0.1) is 29.1 Å². The van der Waals surface area contributed by atoms with E-state index in [1.54, 1.807) is 12.8 Å². The fraction of sp³-hybridized carbons (Fsp3) is 0.882. The maximum atomic E-state index is 2.51. The SMILES string of the molecule is CCC12CCC(C)C1C2CCC1CC=CCC1. The van der Waals surface area contributed by atoms with Gasteiger partial charge in [-0.15, -0.1) is 0 Å². The first-order chi connectivity index (χ1) is 8.28. The van der Waals surface area contributed by atoms with Crippen LogP contribution in [-0.2, 0) is 0 Å². The van der Waals surface area contributed by atoms with Gasteiger partial charge in [0.2, 0.25) is 0 Å². The van der Waals surface area contributed by atoms with Crippen molar-refractivity contribution in [1.82, 2.24) is 0 Å². The van der Waals surface area contributed by atoms with Gasteiger partial charge in [0, 0.05) is 0 Å². The summed E-state index contributed by atoms with van der Waals surface area (Å²) in [7, 11) is 0. The third-order valence-corrected chi connectivity index (χ3v) is 6.33. The molecule has 0 aliphatic heterocycles. The fourth-order valence-electron chi connectivity index (χ4n) is 5.28. The van der Waals surface area contributed by atoms with Crippen LogP contribution in [0.4, 0.5) is 0 Å². The van der Waals surface area contributed by atoms with E-state index in [-0.39, 0.29) is 0 Å². The standard InChI is InChI=1S/C17H28/c1-3-17-12-11-13(2)16(17)15(17)10-9-14-7-5-4-6-8-14/h4-5,13-16H,3,6-12H2,1-2H3. The topological polar surface area (TPSA) is 0 Å². The fourth-order valence-corrected chi connectivity index (χ4v) is 5.28. The normalized spacial score (nSPS) is 48.1. The molecule has 0 heteroatoms. The molecule has 0 bridgehead atoms. The van der Waals surface area contributed by atoms with Gasteiger partial charge in [-0.1, -0.05) is 26.0 Å². The van der Waals surface area contributed by atoms with E-state index in [9.17, 15) is 0 Å². The van der Waals surface area contributed by atoms with Crippen molar-refractivity contribution in [3.63, 3.8) is 0 Å². The predicted octanol–water partition coefficient (Wildman–Crippen LogP) is 5.20. The molecule has 3 rings (SSSR count). The first-order valence-electron chi connectivity index (χ1n) is 7.93. The molecule has 0 heterocycles. The summed E-state index contributed by atoms with van der Waals surface area (Å²) in [6.45, 7) is 4.94. The van der Waals surface area contributed by atoms with Crippen LogP contribution in [0.5, 0.6) is 0 Å². The molecule has 0 aromatic rings. The van der Waals surface area contributed by atoms with Crippen molar-refractivity contribution in [2.45, 2.75) is 65.2 Å². The summed E-state index contributed by atoms with van der Waals surface area (Å²) in [6.07, 6.45) is 16.5. The largest absolute Gasteiger partial charge is 0.0885 e. The van der Waals surface area contributed by atoms with Crippen molar-refractivity contribution in [2.75, 3.05) is 0 Å². The van der Waals surface area contributed by atoms with Crippen molar-refractivity contribution in [2.24, 2.45) is 29.1 Å². The Hall–Kier alpha value is -0.260. The van der Waals surface area contributed by atoms with Crippen LogP contribution in [0.25, 0.3) is 0 Å². The number of hydrogen-bond donors (Lipinski definition) is 0. The van der Waals surface area contributed by atoms with Crippen molar-refractivity contribution >= 4 is 0 Å². The third kappa shape index (κ3) is 1.88. The highest BCUT2D eigenvalue weighted by molar-refractivity contribution is 5.15. The van der Waals surface area contributed by atoms with Crippen LogP contribution in [0.3, 0.4) is 0 Å². The van der Waals surface area contributed by atoms with E-state index < -0.39 is 0 Å². The van der Waals surface area contributed by atoms with Gasteiger partial charge >= 0.3 is 0 Å². The van der Waals surface area contributed by atoms with Gasteiger partial charge in [0.1, 0.15) is 0 Å². The lowest BCUT2D eigenvalue weighted by Crippen LogP contribution is -2.06. The second-order valence-corrected chi connectivity index (χ2v) is 6.96. The molecular formula is C17H28. The number of rotatable bonds is 4. The van der Waals surface area contributed by atoms with Gasteiger partial charge in [0.15, 0.2) is 0 Å². The summed E-state index contributed by atoms with van der Waals surface area (Å²) in [5.74, 6) is 4.28. The molecule has 17 heavy (non-hydrogen) atoms. The van der Waals surface area contributed by atoms with Gasteiger partial charge in [-0.25, -0.2) is 0 Å². The zero-order chi connectivity index (χ0) is 11.9. The van der Waals surface area contributed by atoms with Gasteiger partial charge in [-0.05, 0) is 80.5 Å². The Morgan fingerprint density at radius 1 is 1.18 bits per heavy atom. The lowest BCUT2D eigenvalue weighted by molar-refractivity contribution is 0.349. The molecular weight excluding hydrogens is 204 g/mol. The van der Waals surface area contributed by atoms with Crippen LogP contribution in [0.15, 0.2) is 12.2 Å². The van der Waals surface area contributed by atoms with Gasteiger partial charge in [0.05, 0.1) is 0 Å².